The minimum atomic E-state index is -0.507. The molecule has 1 aromatic rings. The molecule has 1 aromatic carbocycles. The van der Waals surface area contributed by atoms with E-state index in [-0.39, 0.29) is 18.0 Å². The third kappa shape index (κ3) is 3.80. The van der Waals surface area contributed by atoms with E-state index >= 15 is 0 Å². The number of rotatable bonds is 4. The molecule has 18 heavy (non-hydrogen) atoms. The maximum Gasteiger partial charge on any atom is 0.254 e. The Labute approximate surface area is 113 Å². The van der Waals surface area contributed by atoms with Crippen molar-refractivity contribution in [1.29, 1.82) is 0 Å². The van der Waals surface area contributed by atoms with Crippen molar-refractivity contribution in [2.24, 2.45) is 0 Å². The Morgan fingerprint density at radius 3 is 2.67 bits per heavy atom. The van der Waals surface area contributed by atoms with Crippen LogP contribution in [0.3, 0.4) is 0 Å². The van der Waals surface area contributed by atoms with Crippen LogP contribution < -0.4 is 5.32 Å². The monoisotopic (exact) mass is 316 g/mol. The predicted octanol–water partition coefficient (Wildman–Crippen LogP) is 1.80. The van der Waals surface area contributed by atoms with Crippen LogP contribution in [0.15, 0.2) is 22.7 Å². The third-order valence-electron chi connectivity index (χ3n) is 2.27. The van der Waals surface area contributed by atoms with Gasteiger partial charge in [0, 0.05) is 19.2 Å². The van der Waals surface area contributed by atoms with E-state index < -0.39 is 11.7 Å². The number of nitrogens with zero attached hydrogens (tertiary/aromatic N) is 1. The van der Waals surface area contributed by atoms with Crippen LogP contribution in [0, 0.1) is 5.82 Å². The summed E-state index contributed by atoms with van der Waals surface area (Å²) in [6.07, 6.45) is 0. The molecule has 0 saturated heterocycles. The average Bonchev–Trinajstić information content (AvgIpc) is 2.32. The van der Waals surface area contributed by atoms with Crippen molar-refractivity contribution in [3.05, 3.63) is 34.1 Å². The quantitative estimate of drug-likeness (QED) is 0.920. The van der Waals surface area contributed by atoms with E-state index in [0.29, 0.717) is 11.0 Å². The smallest absolute Gasteiger partial charge is 0.254 e. The highest BCUT2D eigenvalue weighted by atomic mass is 79.9. The molecule has 0 unspecified atom stereocenters. The number of likely N-dealkylation sites (N-methyl/N-ethyl adjacent to an activating group) is 2. The Morgan fingerprint density at radius 2 is 2.11 bits per heavy atom. The molecule has 0 atom stereocenters. The maximum atomic E-state index is 13.3. The Bertz CT molecular complexity index is 465. The van der Waals surface area contributed by atoms with E-state index in [2.05, 4.69) is 21.2 Å². The molecule has 1 rings (SSSR count). The lowest BCUT2D eigenvalue weighted by Gasteiger charge is -2.16. The summed E-state index contributed by atoms with van der Waals surface area (Å²) in [7, 11) is 1.50. The van der Waals surface area contributed by atoms with Gasteiger partial charge >= 0.3 is 0 Å². The summed E-state index contributed by atoms with van der Waals surface area (Å²) < 4.78 is 13.6. The number of carbonyl (C=O) groups is 2. The molecular weight excluding hydrogens is 303 g/mol. The first kappa shape index (κ1) is 14.6. The first-order valence-corrected chi connectivity index (χ1v) is 6.22. The topological polar surface area (TPSA) is 49.4 Å². The summed E-state index contributed by atoms with van der Waals surface area (Å²) in [6.45, 7) is 2.25. The van der Waals surface area contributed by atoms with Crippen LogP contribution in [0.1, 0.15) is 17.3 Å². The van der Waals surface area contributed by atoms with E-state index in [1.807, 2.05) is 0 Å². The summed E-state index contributed by atoms with van der Waals surface area (Å²) in [5.74, 6) is -1.15. The molecule has 6 heteroatoms. The van der Waals surface area contributed by atoms with Crippen LogP contribution >= 0.6 is 15.9 Å². The van der Waals surface area contributed by atoms with Crippen molar-refractivity contribution in [3.8, 4) is 0 Å². The van der Waals surface area contributed by atoms with Crippen LogP contribution in [0.2, 0.25) is 0 Å². The van der Waals surface area contributed by atoms with E-state index in [0.717, 1.165) is 6.07 Å². The minimum absolute atomic E-state index is 0.0512. The SMILES string of the molecule is CCNC(=O)CN(C)C(=O)c1ccc(Br)c(F)c1. The van der Waals surface area contributed by atoms with Gasteiger partial charge in [-0.1, -0.05) is 0 Å². The normalized spacial score (nSPS) is 10.0. The summed E-state index contributed by atoms with van der Waals surface area (Å²) in [4.78, 5) is 24.5. The first-order valence-electron chi connectivity index (χ1n) is 5.43. The minimum Gasteiger partial charge on any atom is -0.355 e. The van der Waals surface area contributed by atoms with Gasteiger partial charge in [-0.05, 0) is 41.1 Å². The predicted molar refractivity (Wildman–Crippen MR) is 69.7 cm³/mol. The van der Waals surface area contributed by atoms with Gasteiger partial charge in [-0.15, -0.1) is 0 Å². The number of nitrogens with one attached hydrogen (secondary N) is 1. The van der Waals surface area contributed by atoms with Crippen LogP contribution in [0.5, 0.6) is 0 Å². The number of benzene rings is 1. The van der Waals surface area contributed by atoms with E-state index in [1.54, 1.807) is 6.92 Å². The van der Waals surface area contributed by atoms with Crippen molar-refractivity contribution < 1.29 is 14.0 Å². The zero-order valence-electron chi connectivity index (χ0n) is 10.2. The van der Waals surface area contributed by atoms with Gasteiger partial charge in [0.15, 0.2) is 0 Å². The van der Waals surface area contributed by atoms with Crippen LogP contribution in [0.25, 0.3) is 0 Å². The molecule has 0 aromatic heterocycles. The molecule has 4 nitrogen and oxygen atoms in total. The molecule has 0 radical (unpaired) electrons. The lowest BCUT2D eigenvalue weighted by molar-refractivity contribution is -0.121. The van der Waals surface area contributed by atoms with Gasteiger partial charge in [-0.2, -0.15) is 0 Å². The first-order chi connectivity index (χ1) is 8.45. The highest BCUT2D eigenvalue weighted by molar-refractivity contribution is 9.10. The average molecular weight is 317 g/mol. The maximum absolute atomic E-state index is 13.3. The molecule has 0 bridgehead atoms. The Balaban J connectivity index is 2.74. The molecular formula is C12H14BrFN2O2. The molecule has 2 amide bonds. The number of carbonyl (C=O) groups excluding carboxylic acids is 2. The van der Waals surface area contributed by atoms with E-state index in [1.165, 1.54) is 24.1 Å². The van der Waals surface area contributed by atoms with Gasteiger partial charge in [-0.25, -0.2) is 4.39 Å². The fourth-order valence-corrected chi connectivity index (χ4v) is 1.64. The highest BCUT2D eigenvalue weighted by Gasteiger charge is 2.15. The number of halogens is 2. The fourth-order valence-electron chi connectivity index (χ4n) is 1.39. The Kier molecular flexibility index (Phi) is 5.27. The molecule has 0 saturated carbocycles. The van der Waals surface area contributed by atoms with Gasteiger partial charge in [0.2, 0.25) is 5.91 Å². The summed E-state index contributed by atoms with van der Waals surface area (Å²) in [6, 6.07) is 4.10. The van der Waals surface area contributed by atoms with Crippen molar-refractivity contribution in [3.63, 3.8) is 0 Å². The van der Waals surface area contributed by atoms with Crippen LogP contribution in [0.4, 0.5) is 4.39 Å². The molecule has 0 heterocycles. The van der Waals surface area contributed by atoms with Crippen LogP contribution in [-0.2, 0) is 4.79 Å². The molecule has 0 aliphatic heterocycles. The molecule has 1 N–H and O–H groups in total. The zero-order chi connectivity index (χ0) is 13.7. The van der Waals surface area contributed by atoms with Gasteiger partial charge in [-0.3, -0.25) is 9.59 Å². The highest BCUT2D eigenvalue weighted by Crippen LogP contribution is 2.17. The second-order valence-electron chi connectivity index (χ2n) is 3.74. The zero-order valence-corrected chi connectivity index (χ0v) is 11.8. The molecule has 0 fully saturated rings. The molecule has 0 spiro atoms. The van der Waals surface area contributed by atoms with Crippen molar-refractivity contribution in [2.75, 3.05) is 20.1 Å². The summed E-state index contributed by atoms with van der Waals surface area (Å²) >= 11 is 3.01. The summed E-state index contributed by atoms with van der Waals surface area (Å²) in [5.41, 5.74) is 0.211. The van der Waals surface area contributed by atoms with E-state index in [9.17, 15) is 14.0 Å². The second-order valence-corrected chi connectivity index (χ2v) is 4.60. The summed E-state index contributed by atoms with van der Waals surface area (Å²) in [5, 5.41) is 2.59. The van der Waals surface area contributed by atoms with Crippen molar-refractivity contribution in [1.82, 2.24) is 10.2 Å². The lowest BCUT2D eigenvalue weighted by atomic mass is 10.2. The van der Waals surface area contributed by atoms with Gasteiger partial charge in [0.25, 0.3) is 5.91 Å². The largest absolute Gasteiger partial charge is 0.355 e. The van der Waals surface area contributed by atoms with Crippen molar-refractivity contribution >= 4 is 27.7 Å². The Hall–Kier alpha value is -1.43. The van der Waals surface area contributed by atoms with E-state index in [4.69, 9.17) is 0 Å². The fraction of sp³-hybridized carbons (Fsp3) is 0.333. The molecule has 0 aliphatic rings. The second kappa shape index (κ2) is 6.49. The standard InChI is InChI=1S/C12H14BrFN2O2/c1-3-15-11(17)7-16(2)12(18)8-4-5-9(13)10(14)6-8/h4-6H,3,7H2,1-2H3,(H,15,17). The van der Waals surface area contributed by atoms with Crippen molar-refractivity contribution in [2.45, 2.75) is 6.92 Å². The van der Waals surface area contributed by atoms with Gasteiger partial charge in [0.05, 0.1) is 11.0 Å². The van der Waals surface area contributed by atoms with Gasteiger partial charge in [0.1, 0.15) is 5.82 Å². The lowest BCUT2D eigenvalue weighted by Crippen LogP contribution is -2.38. The molecule has 98 valence electrons. The number of hydrogen-bond donors (Lipinski definition) is 1. The number of hydrogen-bond acceptors (Lipinski definition) is 2. The molecule has 0 aliphatic carbocycles. The Morgan fingerprint density at radius 1 is 1.44 bits per heavy atom. The van der Waals surface area contributed by atoms with Crippen LogP contribution in [-0.4, -0.2) is 36.9 Å². The third-order valence-corrected chi connectivity index (χ3v) is 2.91. The van der Waals surface area contributed by atoms with Gasteiger partial charge < -0.3 is 10.2 Å². The number of amides is 2.